The number of amides is 1. The number of nitrogens with zero attached hydrogens (tertiary/aromatic N) is 3. The number of nitrogens with two attached hydrogens (primary N) is 1. The quantitative estimate of drug-likeness (QED) is 0.354. The van der Waals surface area contributed by atoms with E-state index in [0.717, 1.165) is 32.6 Å². The fourth-order valence-electron chi connectivity index (χ4n) is 3.41. The van der Waals surface area contributed by atoms with Crippen LogP contribution < -0.4 is 5.73 Å². The Hall–Kier alpha value is -1.30. The van der Waals surface area contributed by atoms with Gasteiger partial charge in [-0.2, -0.15) is 0 Å². The van der Waals surface area contributed by atoms with Crippen molar-refractivity contribution in [2.75, 3.05) is 26.2 Å². The predicted molar refractivity (Wildman–Crippen MR) is 82.2 cm³/mol. The van der Waals surface area contributed by atoms with Gasteiger partial charge in [-0.1, -0.05) is 18.5 Å². The molecule has 1 amide bonds. The van der Waals surface area contributed by atoms with Crippen LogP contribution in [0.25, 0.3) is 0 Å². The zero-order valence-corrected chi connectivity index (χ0v) is 13.2. The van der Waals surface area contributed by atoms with Crippen molar-refractivity contribution in [1.29, 1.82) is 0 Å². The van der Waals surface area contributed by atoms with Crippen molar-refractivity contribution in [3.63, 3.8) is 0 Å². The van der Waals surface area contributed by atoms with Gasteiger partial charge in [0.25, 0.3) is 0 Å². The van der Waals surface area contributed by atoms with E-state index >= 15 is 0 Å². The Morgan fingerprint density at radius 1 is 1.33 bits per heavy atom. The van der Waals surface area contributed by atoms with Crippen LogP contribution >= 0.6 is 0 Å². The Labute approximate surface area is 127 Å². The Bertz CT molecular complexity index is 406. The molecule has 2 atom stereocenters. The number of likely N-dealkylation sites (tertiary alicyclic amines) is 2. The summed E-state index contributed by atoms with van der Waals surface area (Å²) in [6.07, 6.45) is 5.42. The van der Waals surface area contributed by atoms with Gasteiger partial charge in [0.2, 0.25) is 5.91 Å². The molecule has 2 fully saturated rings. The lowest BCUT2D eigenvalue weighted by Gasteiger charge is -2.33. The third-order valence-corrected chi connectivity index (χ3v) is 5.21. The molecule has 2 unspecified atom stereocenters. The molecule has 21 heavy (non-hydrogen) atoms. The molecule has 0 aromatic rings. The van der Waals surface area contributed by atoms with Gasteiger partial charge in [0.05, 0.1) is 0 Å². The van der Waals surface area contributed by atoms with Crippen LogP contribution in [0.4, 0.5) is 0 Å². The predicted octanol–water partition coefficient (Wildman–Crippen LogP) is 1.24. The van der Waals surface area contributed by atoms with Gasteiger partial charge in [-0.3, -0.25) is 9.69 Å². The zero-order chi connectivity index (χ0) is 15.5. The van der Waals surface area contributed by atoms with Crippen LogP contribution in [0.1, 0.15) is 46.0 Å². The standard InChI is InChI=1S/C15H28N4O2/c1-3-15(2,13(16)17-21)14(20)19-10-7-12(11-19)18-8-5-4-6-9-18/h12,21H,3-11H2,1-2H3,(H2,16,17). The molecule has 2 saturated heterocycles. The van der Waals surface area contributed by atoms with Crippen molar-refractivity contribution in [1.82, 2.24) is 9.80 Å². The minimum atomic E-state index is -0.897. The second-order valence-corrected chi connectivity index (χ2v) is 6.46. The number of piperidine rings is 1. The second kappa shape index (κ2) is 6.64. The largest absolute Gasteiger partial charge is 0.409 e. The van der Waals surface area contributed by atoms with E-state index in [1.165, 1.54) is 19.3 Å². The summed E-state index contributed by atoms with van der Waals surface area (Å²) in [5.74, 6) is -0.00349. The molecule has 2 rings (SSSR count). The monoisotopic (exact) mass is 296 g/mol. The molecule has 2 heterocycles. The van der Waals surface area contributed by atoms with Crippen LogP contribution in [0.2, 0.25) is 0 Å². The SMILES string of the molecule is CCC(C)(C(=O)N1CCC(N2CCCCC2)C1)C(N)=NO. The number of carbonyl (C=O) groups excluding carboxylic acids is 1. The van der Waals surface area contributed by atoms with E-state index in [4.69, 9.17) is 10.9 Å². The minimum Gasteiger partial charge on any atom is -0.409 e. The molecule has 0 saturated carbocycles. The summed E-state index contributed by atoms with van der Waals surface area (Å²) in [7, 11) is 0. The lowest BCUT2D eigenvalue weighted by atomic mass is 9.84. The first kappa shape index (κ1) is 16.1. The highest BCUT2D eigenvalue weighted by Gasteiger charge is 2.42. The summed E-state index contributed by atoms with van der Waals surface area (Å²) in [4.78, 5) is 17.2. The fourth-order valence-corrected chi connectivity index (χ4v) is 3.41. The number of amidine groups is 1. The topological polar surface area (TPSA) is 82.2 Å². The van der Waals surface area contributed by atoms with Crippen molar-refractivity contribution in [2.24, 2.45) is 16.3 Å². The molecule has 2 aliphatic heterocycles. The molecule has 2 aliphatic rings. The van der Waals surface area contributed by atoms with E-state index in [0.29, 0.717) is 12.5 Å². The molecule has 0 aliphatic carbocycles. The summed E-state index contributed by atoms with van der Waals surface area (Å²) < 4.78 is 0. The van der Waals surface area contributed by atoms with Crippen LogP contribution in [0.15, 0.2) is 5.16 Å². The first-order chi connectivity index (χ1) is 10.0. The van der Waals surface area contributed by atoms with Gasteiger partial charge >= 0.3 is 0 Å². The van der Waals surface area contributed by atoms with Gasteiger partial charge < -0.3 is 15.8 Å². The van der Waals surface area contributed by atoms with E-state index in [-0.39, 0.29) is 11.7 Å². The van der Waals surface area contributed by atoms with Crippen molar-refractivity contribution in [3.8, 4) is 0 Å². The highest BCUT2D eigenvalue weighted by Crippen LogP contribution is 2.28. The van der Waals surface area contributed by atoms with E-state index in [9.17, 15) is 4.79 Å². The lowest BCUT2D eigenvalue weighted by Crippen LogP contribution is -2.50. The van der Waals surface area contributed by atoms with E-state index in [1.807, 2.05) is 11.8 Å². The lowest BCUT2D eigenvalue weighted by molar-refractivity contribution is -0.137. The number of carbonyl (C=O) groups is 1. The smallest absolute Gasteiger partial charge is 0.236 e. The third kappa shape index (κ3) is 3.15. The van der Waals surface area contributed by atoms with Gasteiger partial charge in [0.15, 0.2) is 5.84 Å². The van der Waals surface area contributed by atoms with Crippen molar-refractivity contribution < 1.29 is 10.0 Å². The summed E-state index contributed by atoms with van der Waals surface area (Å²) in [6.45, 7) is 7.50. The summed E-state index contributed by atoms with van der Waals surface area (Å²) in [6, 6.07) is 0.475. The van der Waals surface area contributed by atoms with E-state index in [2.05, 4.69) is 10.1 Å². The molecule has 6 heteroatoms. The molecule has 0 bridgehead atoms. The van der Waals surface area contributed by atoms with Crippen LogP contribution in [0.3, 0.4) is 0 Å². The minimum absolute atomic E-state index is 0.0106. The van der Waals surface area contributed by atoms with Crippen LogP contribution in [0.5, 0.6) is 0 Å². The molecule has 0 aromatic carbocycles. The van der Waals surface area contributed by atoms with Gasteiger partial charge in [0, 0.05) is 19.1 Å². The van der Waals surface area contributed by atoms with E-state index < -0.39 is 5.41 Å². The van der Waals surface area contributed by atoms with Crippen LogP contribution in [-0.4, -0.2) is 59.0 Å². The van der Waals surface area contributed by atoms with E-state index in [1.54, 1.807) is 6.92 Å². The summed E-state index contributed by atoms with van der Waals surface area (Å²) >= 11 is 0. The van der Waals surface area contributed by atoms with Gasteiger partial charge in [0.1, 0.15) is 5.41 Å². The molecular formula is C15H28N4O2. The van der Waals surface area contributed by atoms with Crippen molar-refractivity contribution in [2.45, 2.75) is 52.0 Å². The zero-order valence-electron chi connectivity index (χ0n) is 13.2. The van der Waals surface area contributed by atoms with Crippen LogP contribution in [0, 0.1) is 5.41 Å². The molecule has 3 N–H and O–H groups in total. The molecule has 0 spiro atoms. The maximum absolute atomic E-state index is 12.8. The van der Waals surface area contributed by atoms with Gasteiger partial charge in [-0.05, 0) is 45.7 Å². The average molecular weight is 296 g/mol. The summed E-state index contributed by atoms with van der Waals surface area (Å²) in [5.41, 5.74) is 4.85. The Balaban J connectivity index is 2.01. The Morgan fingerprint density at radius 3 is 2.57 bits per heavy atom. The maximum atomic E-state index is 12.8. The molecular weight excluding hydrogens is 268 g/mol. The second-order valence-electron chi connectivity index (χ2n) is 6.46. The molecule has 0 aromatic heterocycles. The number of oxime groups is 1. The maximum Gasteiger partial charge on any atom is 0.236 e. The van der Waals surface area contributed by atoms with Crippen molar-refractivity contribution >= 4 is 11.7 Å². The Morgan fingerprint density at radius 2 is 2.00 bits per heavy atom. The normalized spacial score (nSPS) is 27.6. The third-order valence-electron chi connectivity index (χ3n) is 5.21. The number of hydrogen-bond acceptors (Lipinski definition) is 4. The first-order valence-corrected chi connectivity index (χ1v) is 8.04. The van der Waals surface area contributed by atoms with Crippen LogP contribution in [-0.2, 0) is 4.79 Å². The number of rotatable bonds is 4. The molecule has 0 radical (unpaired) electrons. The van der Waals surface area contributed by atoms with Gasteiger partial charge in [-0.15, -0.1) is 0 Å². The highest BCUT2D eigenvalue weighted by molar-refractivity contribution is 6.06. The highest BCUT2D eigenvalue weighted by atomic mass is 16.4. The number of hydrogen-bond donors (Lipinski definition) is 2. The Kier molecular flexibility index (Phi) is 5.08. The average Bonchev–Trinajstić information content (AvgIpc) is 3.03. The van der Waals surface area contributed by atoms with Crippen molar-refractivity contribution in [3.05, 3.63) is 0 Å². The van der Waals surface area contributed by atoms with Gasteiger partial charge in [-0.25, -0.2) is 0 Å². The summed E-state index contributed by atoms with van der Waals surface area (Å²) in [5, 5.41) is 12.0. The molecule has 120 valence electrons. The first-order valence-electron chi connectivity index (χ1n) is 8.04. The fraction of sp³-hybridized carbons (Fsp3) is 0.867. The molecule has 6 nitrogen and oxygen atoms in total.